The molecule has 1 heterocycles. The predicted molar refractivity (Wildman–Crippen MR) is 104 cm³/mol. The van der Waals surface area contributed by atoms with Gasteiger partial charge in [-0.25, -0.2) is 0 Å². The first-order valence-corrected chi connectivity index (χ1v) is 9.08. The summed E-state index contributed by atoms with van der Waals surface area (Å²) >= 11 is 6.12. The van der Waals surface area contributed by atoms with Crippen molar-refractivity contribution in [2.24, 2.45) is 0 Å². The Morgan fingerprint density at radius 1 is 0.960 bits per heavy atom. The van der Waals surface area contributed by atoms with E-state index in [2.05, 4.69) is 29.2 Å². The third-order valence-electron chi connectivity index (χ3n) is 4.55. The van der Waals surface area contributed by atoms with Gasteiger partial charge in [0.15, 0.2) is 0 Å². The van der Waals surface area contributed by atoms with Crippen LogP contribution in [0.2, 0.25) is 5.02 Å². The molecule has 0 radical (unpaired) electrons. The van der Waals surface area contributed by atoms with Crippen molar-refractivity contribution in [3.63, 3.8) is 0 Å². The minimum Gasteiger partial charge on any atom is -0.337 e. The van der Waals surface area contributed by atoms with Crippen molar-refractivity contribution in [3.8, 4) is 0 Å². The summed E-state index contributed by atoms with van der Waals surface area (Å²) in [5.41, 5.74) is 2.24. The lowest BCUT2D eigenvalue weighted by molar-refractivity contribution is -0.127. The maximum atomic E-state index is 12.3. The van der Waals surface area contributed by atoms with Gasteiger partial charge in [-0.05, 0) is 29.7 Å². The normalized spacial score (nSPS) is 15.6. The van der Waals surface area contributed by atoms with Crippen molar-refractivity contribution in [2.45, 2.75) is 6.42 Å². The Balaban J connectivity index is 1.45. The Morgan fingerprint density at radius 2 is 1.64 bits per heavy atom. The van der Waals surface area contributed by atoms with Crippen LogP contribution in [0.3, 0.4) is 0 Å². The average Bonchev–Trinajstić information content (AvgIpc) is 2.67. The summed E-state index contributed by atoms with van der Waals surface area (Å²) in [6, 6.07) is 18.1. The molecule has 0 aliphatic carbocycles. The van der Waals surface area contributed by atoms with Crippen molar-refractivity contribution in [2.75, 3.05) is 32.7 Å². The van der Waals surface area contributed by atoms with Crippen LogP contribution in [0.5, 0.6) is 0 Å². The third kappa shape index (κ3) is 5.18. The lowest BCUT2D eigenvalue weighted by Crippen LogP contribution is -2.48. The van der Waals surface area contributed by atoms with Crippen LogP contribution in [0.4, 0.5) is 0 Å². The summed E-state index contributed by atoms with van der Waals surface area (Å²) in [6.07, 6.45) is 4.48. The molecule has 1 fully saturated rings. The Bertz CT molecular complexity index is 722. The van der Waals surface area contributed by atoms with Crippen LogP contribution in [0.1, 0.15) is 11.1 Å². The Kier molecular flexibility index (Phi) is 6.26. The molecule has 3 rings (SSSR count). The molecular weight excluding hydrogens is 332 g/mol. The molecule has 3 nitrogen and oxygen atoms in total. The van der Waals surface area contributed by atoms with E-state index in [1.165, 1.54) is 5.56 Å². The molecule has 1 aliphatic rings. The number of hydrogen-bond donors (Lipinski definition) is 0. The first-order chi connectivity index (χ1) is 12.2. The number of rotatable bonds is 5. The SMILES string of the molecule is O=C(C=Cc1ccccc1Cl)N1CCN(CCc2ccccc2)CC1. The molecule has 2 aromatic rings. The topological polar surface area (TPSA) is 23.6 Å². The van der Waals surface area contributed by atoms with Crippen LogP contribution in [0.15, 0.2) is 60.7 Å². The second-order valence-corrected chi connectivity index (χ2v) is 6.66. The monoisotopic (exact) mass is 354 g/mol. The van der Waals surface area contributed by atoms with Crippen molar-refractivity contribution < 1.29 is 4.79 Å². The minimum absolute atomic E-state index is 0.0580. The summed E-state index contributed by atoms with van der Waals surface area (Å²) in [5.74, 6) is 0.0580. The maximum absolute atomic E-state index is 12.3. The molecule has 0 spiro atoms. The van der Waals surface area contributed by atoms with Gasteiger partial charge < -0.3 is 4.90 Å². The highest BCUT2D eigenvalue weighted by Gasteiger charge is 2.19. The molecule has 1 aliphatic heterocycles. The van der Waals surface area contributed by atoms with Crippen LogP contribution in [0.25, 0.3) is 6.08 Å². The number of carbonyl (C=O) groups excluding carboxylic acids is 1. The molecule has 0 unspecified atom stereocenters. The van der Waals surface area contributed by atoms with Gasteiger partial charge in [0, 0.05) is 43.8 Å². The van der Waals surface area contributed by atoms with Crippen LogP contribution >= 0.6 is 11.6 Å². The van der Waals surface area contributed by atoms with Crippen LogP contribution in [0, 0.1) is 0 Å². The van der Waals surface area contributed by atoms with E-state index in [0.717, 1.165) is 44.7 Å². The van der Waals surface area contributed by atoms with Gasteiger partial charge in [0.05, 0.1) is 0 Å². The first-order valence-electron chi connectivity index (χ1n) is 8.70. The number of halogens is 1. The zero-order chi connectivity index (χ0) is 17.5. The molecule has 130 valence electrons. The van der Waals surface area contributed by atoms with E-state index in [1.807, 2.05) is 35.2 Å². The Morgan fingerprint density at radius 3 is 2.36 bits per heavy atom. The second-order valence-electron chi connectivity index (χ2n) is 6.26. The van der Waals surface area contributed by atoms with Gasteiger partial charge in [-0.15, -0.1) is 0 Å². The molecule has 4 heteroatoms. The number of benzene rings is 2. The first kappa shape index (κ1) is 17.7. The Hall–Kier alpha value is -2.10. The molecule has 25 heavy (non-hydrogen) atoms. The molecule has 1 saturated heterocycles. The summed E-state index contributed by atoms with van der Waals surface area (Å²) in [5, 5.41) is 0.664. The van der Waals surface area contributed by atoms with Gasteiger partial charge in [-0.2, -0.15) is 0 Å². The lowest BCUT2D eigenvalue weighted by Gasteiger charge is -2.34. The van der Waals surface area contributed by atoms with E-state index < -0.39 is 0 Å². The molecule has 0 bridgehead atoms. The fraction of sp³-hybridized carbons (Fsp3) is 0.286. The third-order valence-corrected chi connectivity index (χ3v) is 4.90. The number of piperazine rings is 1. The van der Waals surface area contributed by atoms with E-state index in [4.69, 9.17) is 11.6 Å². The number of amides is 1. The minimum atomic E-state index is 0.0580. The maximum Gasteiger partial charge on any atom is 0.246 e. The summed E-state index contributed by atoms with van der Waals surface area (Å²) < 4.78 is 0. The van der Waals surface area contributed by atoms with Crippen LogP contribution < -0.4 is 0 Å². The van der Waals surface area contributed by atoms with Crippen LogP contribution in [-0.2, 0) is 11.2 Å². The van der Waals surface area contributed by atoms with Crippen molar-refractivity contribution in [1.29, 1.82) is 0 Å². The van der Waals surface area contributed by atoms with Gasteiger partial charge in [-0.3, -0.25) is 9.69 Å². The zero-order valence-corrected chi connectivity index (χ0v) is 15.0. The van der Waals surface area contributed by atoms with Gasteiger partial charge in [0.1, 0.15) is 0 Å². The molecule has 0 saturated carbocycles. The highest BCUT2D eigenvalue weighted by atomic mass is 35.5. The van der Waals surface area contributed by atoms with Crippen molar-refractivity contribution >= 4 is 23.6 Å². The van der Waals surface area contributed by atoms with Gasteiger partial charge in [0.2, 0.25) is 5.91 Å². The molecule has 0 atom stereocenters. The average molecular weight is 355 g/mol. The summed E-state index contributed by atoms with van der Waals surface area (Å²) in [6.45, 7) is 4.46. The number of nitrogens with zero attached hydrogens (tertiary/aromatic N) is 2. The molecular formula is C21H23ClN2O. The van der Waals surface area contributed by atoms with Gasteiger partial charge in [-0.1, -0.05) is 60.1 Å². The van der Waals surface area contributed by atoms with Gasteiger partial charge in [0.25, 0.3) is 0 Å². The summed E-state index contributed by atoms with van der Waals surface area (Å²) in [7, 11) is 0. The van der Waals surface area contributed by atoms with E-state index in [1.54, 1.807) is 12.2 Å². The lowest BCUT2D eigenvalue weighted by atomic mass is 10.1. The second kappa shape index (κ2) is 8.84. The molecule has 2 aromatic carbocycles. The smallest absolute Gasteiger partial charge is 0.246 e. The highest BCUT2D eigenvalue weighted by molar-refractivity contribution is 6.32. The van der Waals surface area contributed by atoms with Crippen LogP contribution in [-0.4, -0.2) is 48.4 Å². The van der Waals surface area contributed by atoms with E-state index in [-0.39, 0.29) is 5.91 Å². The fourth-order valence-corrected chi connectivity index (χ4v) is 3.20. The van der Waals surface area contributed by atoms with E-state index >= 15 is 0 Å². The van der Waals surface area contributed by atoms with Crippen molar-refractivity contribution in [1.82, 2.24) is 9.80 Å². The molecule has 0 N–H and O–H groups in total. The van der Waals surface area contributed by atoms with E-state index in [9.17, 15) is 4.79 Å². The molecule has 0 aromatic heterocycles. The van der Waals surface area contributed by atoms with Crippen molar-refractivity contribution in [3.05, 3.63) is 76.8 Å². The van der Waals surface area contributed by atoms with E-state index in [0.29, 0.717) is 5.02 Å². The molecule has 1 amide bonds. The summed E-state index contributed by atoms with van der Waals surface area (Å²) in [4.78, 5) is 16.7. The Labute approximate surface area is 154 Å². The zero-order valence-electron chi connectivity index (χ0n) is 14.3. The largest absolute Gasteiger partial charge is 0.337 e. The quantitative estimate of drug-likeness (QED) is 0.764. The van der Waals surface area contributed by atoms with Gasteiger partial charge >= 0.3 is 0 Å². The predicted octanol–water partition coefficient (Wildman–Crippen LogP) is 3.74. The standard InChI is InChI=1S/C21H23ClN2O/c22-20-9-5-4-8-19(20)10-11-21(25)24-16-14-23(15-17-24)13-12-18-6-2-1-3-7-18/h1-11H,12-17H2. The number of hydrogen-bond acceptors (Lipinski definition) is 2. The number of carbonyl (C=O) groups is 1. The highest BCUT2D eigenvalue weighted by Crippen LogP contribution is 2.16. The fourth-order valence-electron chi connectivity index (χ4n) is 3.00.